The van der Waals surface area contributed by atoms with Crippen LogP contribution in [0.3, 0.4) is 0 Å². The molecule has 176 valence electrons. The first-order chi connectivity index (χ1) is 15.9. The maximum absolute atomic E-state index is 13.6. The molecule has 0 aliphatic rings. The molecule has 12 nitrogen and oxygen atoms in total. The molecule has 0 radical (unpaired) electrons. The molecular weight excluding hydrogens is 481 g/mol. The molecule has 0 unspecified atom stereocenters. The lowest BCUT2D eigenvalue weighted by atomic mass is 10.0. The third-order valence-corrected chi connectivity index (χ3v) is 6.08. The van der Waals surface area contributed by atoms with Crippen molar-refractivity contribution < 1.29 is 27.7 Å². The van der Waals surface area contributed by atoms with E-state index in [0.29, 0.717) is 17.0 Å². The van der Waals surface area contributed by atoms with Crippen LogP contribution in [0.5, 0.6) is 0 Å². The van der Waals surface area contributed by atoms with Crippen molar-refractivity contribution in [3.8, 4) is 11.1 Å². The number of carbonyl (C=O) groups is 2. The first kappa shape index (κ1) is 22.8. The van der Waals surface area contributed by atoms with Gasteiger partial charge in [-0.15, -0.1) is 11.3 Å². The molecule has 0 fully saturated rings. The van der Waals surface area contributed by atoms with Gasteiger partial charge in [-0.25, -0.2) is 4.98 Å². The molecule has 0 aliphatic carbocycles. The van der Waals surface area contributed by atoms with Gasteiger partial charge in [0.2, 0.25) is 5.69 Å². The summed E-state index contributed by atoms with van der Waals surface area (Å²) in [7, 11) is 1.59. The number of alkyl halides is 3. The second kappa shape index (κ2) is 7.91. The van der Waals surface area contributed by atoms with Crippen LogP contribution < -0.4 is 11.1 Å². The molecule has 4 rings (SSSR count). The first-order valence-corrected chi connectivity index (χ1v) is 10.0. The van der Waals surface area contributed by atoms with Crippen LogP contribution in [-0.2, 0) is 13.2 Å². The molecule has 0 saturated heterocycles. The van der Waals surface area contributed by atoms with Crippen LogP contribution >= 0.6 is 11.3 Å². The van der Waals surface area contributed by atoms with Gasteiger partial charge in [0.05, 0.1) is 16.8 Å². The maximum atomic E-state index is 13.6. The van der Waals surface area contributed by atoms with Crippen LogP contribution in [0, 0.1) is 17.0 Å². The topological polar surface area (TPSA) is 175 Å². The average Bonchev–Trinajstić information content (AvgIpc) is 3.45. The monoisotopic (exact) mass is 494 g/mol. The normalized spacial score (nSPS) is 11.7. The summed E-state index contributed by atoms with van der Waals surface area (Å²) in [4.78, 5) is 38.4. The van der Waals surface area contributed by atoms with Crippen LogP contribution in [-0.4, -0.2) is 41.7 Å². The minimum absolute atomic E-state index is 0.00146. The second-order valence-corrected chi connectivity index (χ2v) is 8.01. The zero-order chi connectivity index (χ0) is 24.9. The number of H-pyrrole nitrogens is 1. The number of thiophene rings is 1. The Morgan fingerprint density at radius 3 is 2.56 bits per heavy atom. The van der Waals surface area contributed by atoms with Gasteiger partial charge < -0.3 is 11.1 Å². The van der Waals surface area contributed by atoms with Crippen LogP contribution in [0.15, 0.2) is 18.5 Å². The molecule has 4 aromatic rings. The van der Waals surface area contributed by atoms with Crippen molar-refractivity contribution >= 4 is 44.7 Å². The van der Waals surface area contributed by atoms with Crippen LogP contribution in [0.4, 0.5) is 24.5 Å². The highest BCUT2D eigenvalue weighted by atomic mass is 32.1. The molecule has 4 aromatic heterocycles. The highest BCUT2D eigenvalue weighted by molar-refractivity contribution is 7.21. The van der Waals surface area contributed by atoms with E-state index >= 15 is 0 Å². The lowest BCUT2D eigenvalue weighted by molar-refractivity contribution is -0.385. The van der Waals surface area contributed by atoms with Crippen molar-refractivity contribution in [3.05, 3.63) is 50.5 Å². The average molecular weight is 494 g/mol. The number of hydrogen-bond donors (Lipinski definition) is 3. The van der Waals surface area contributed by atoms with Crippen molar-refractivity contribution in [1.29, 1.82) is 0 Å². The van der Waals surface area contributed by atoms with Gasteiger partial charge in [-0.05, 0) is 18.6 Å². The Bertz CT molecular complexity index is 1490. The highest BCUT2D eigenvalue weighted by Gasteiger charge is 2.36. The van der Waals surface area contributed by atoms with Crippen molar-refractivity contribution in [3.63, 3.8) is 0 Å². The fourth-order valence-electron chi connectivity index (χ4n) is 3.27. The van der Waals surface area contributed by atoms with Gasteiger partial charge in [0.1, 0.15) is 21.6 Å². The fraction of sp³-hybridized carbons (Fsp3) is 0.167. The Morgan fingerprint density at radius 2 is 2.00 bits per heavy atom. The third kappa shape index (κ3) is 3.72. The SMILES string of the molecule is Cc1c(-c2cc(C(F)(F)F)nc3sc(C(N)=O)c(NC(=O)c4[nH]ncc4[N+](=O)[O-])c23)cnn1C. The summed E-state index contributed by atoms with van der Waals surface area (Å²) in [5, 5.41) is 23.2. The van der Waals surface area contributed by atoms with E-state index in [-0.39, 0.29) is 31.9 Å². The molecule has 0 saturated carbocycles. The minimum Gasteiger partial charge on any atom is -0.365 e. The number of aromatic amines is 1. The lowest BCUT2D eigenvalue weighted by Gasteiger charge is -2.12. The van der Waals surface area contributed by atoms with E-state index in [1.165, 1.54) is 10.9 Å². The molecule has 0 spiro atoms. The number of anilines is 1. The van der Waals surface area contributed by atoms with Crippen molar-refractivity contribution in [1.82, 2.24) is 25.0 Å². The Hall–Kier alpha value is -4.34. The summed E-state index contributed by atoms with van der Waals surface area (Å²) in [5.74, 6) is -2.10. The van der Waals surface area contributed by atoms with Gasteiger partial charge in [-0.1, -0.05) is 0 Å². The number of aromatic nitrogens is 5. The summed E-state index contributed by atoms with van der Waals surface area (Å²) < 4.78 is 42.2. The molecule has 2 amide bonds. The van der Waals surface area contributed by atoms with E-state index in [2.05, 4.69) is 25.6 Å². The third-order valence-electron chi connectivity index (χ3n) is 4.98. The Kier molecular flexibility index (Phi) is 5.31. The highest BCUT2D eigenvalue weighted by Crippen LogP contribution is 2.44. The molecule has 4 heterocycles. The summed E-state index contributed by atoms with van der Waals surface area (Å²) >= 11 is 0.546. The van der Waals surface area contributed by atoms with Gasteiger partial charge >= 0.3 is 11.9 Å². The number of halogens is 3. The number of fused-ring (bicyclic) bond motifs is 1. The molecule has 16 heteroatoms. The Labute approximate surface area is 190 Å². The number of amides is 2. The van der Waals surface area contributed by atoms with E-state index in [9.17, 15) is 32.9 Å². The van der Waals surface area contributed by atoms with Gasteiger partial charge in [0.25, 0.3) is 11.8 Å². The van der Waals surface area contributed by atoms with Crippen molar-refractivity contribution in [2.24, 2.45) is 12.8 Å². The zero-order valence-electron chi connectivity index (χ0n) is 17.2. The first-order valence-electron chi connectivity index (χ1n) is 9.22. The fourth-order valence-corrected chi connectivity index (χ4v) is 4.28. The molecule has 4 N–H and O–H groups in total. The number of carbonyl (C=O) groups excluding carboxylic acids is 2. The Balaban J connectivity index is 2.01. The van der Waals surface area contributed by atoms with Gasteiger partial charge in [0, 0.05) is 23.7 Å². The molecule has 0 bridgehead atoms. The minimum atomic E-state index is -4.81. The van der Waals surface area contributed by atoms with Gasteiger partial charge in [-0.2, -0.15) is 23.4 Å². The van der Waals surface area contributed by atoms with Crippen LogP contribution in [0.25, 0.3) is 21.3 Å². The van der Waals surface area contributed by atoms with Crippen molar-refractivity contribution in [2.45, 2.75) is 13.1 Å². The van der Waals surface area contributed by atoms with Crippen LogP contribution in [0.1, 0.15) is 31.5 Å². The van der Waals surface area contributed by atoms with E-state index in [4.69, 9.17) is 5.73 Å². The number of rotatable bonds is 5. The molecule has 0 aromatic carbocycles. The van der Waals surface area contributed by atoms with E-state index in [0.717, 1.165) is 12.3 Å². The summed E-state index contributed by atoms with van der Waals surface area (Å²) in [6.07, 6.45) is -2.66. The van der Waals surface area contributed by atoms with Gasteiger partial charge in [-0.3, -0.25) is 29.5 Å². The quantitative estimate of drug-likeness (QED) is 0.282. The molecule has 0 atom stereocenters. The lowest BCUT2D eigenvalue weighted by Crippen LogP contribution is -2.18. The van der Waals surface area contributed by atoms with E-state index in [1.807, 2.05) is 0 Å². The van der Waals surface area contributed by atoms with E-state index < -0.39 is 40.0 Å². The number of nitro groups is 1. The second-order valence-electron chi connectivity index (χ2n) is 7.01. The predicted octanol–water partition coefficient (Wildman–Crippen LogP) is 3.01. The number of hydrogen-bond acceptors (Lipinski definition) is 8. The number of pyridine rings is 1. The Morgan fingerprint density at radius 1 is 1.29 bits per heavy atom. The summed E-state index contributed by atoms with van der Waals surface area (Å²) in [6, 6.07) is 0.776. The van der Waals surface area contributed by atoms with E-state index in [1.54, 1.807) is 14.0 Å². The molecular formula is C18H13F3N8O4S. The summed E-state index contributed by atoms with van der Waals surface area (Å²) in [6.45, 7) is 1.62. The van der Waals surface area contributed by atoms with Crippen LogP contribution in [0.2, 0.25) is 0 Å². The smallest absolute Gasteiger partial charge is 0.365 e. The number of primary amides is 1. The predicted molar refractivity (Wildman–Crippen MR) is 113 cm³/mol. The number of nitrogens with zero attached hydrogens (tertiary/aromatic N) is 5. The standard InChI is InChI=1S/C18H13F3N8O4S/c1-6-8(4-24-28(6)2)7-3-10(18(19,20)21)25-17-11(7)13(14(34-17)15(22)30)26-16(31)12-9(29(32)33)5-23-27-12/h3-5H,1-2H3,(H2,22,30)(H,23,27)(H,26,31). The maximum Gasteiger partial charge on any atom is 0.433 e. The van der Waals surface area contributed by atoms with Gasteiger partial charge in [0.15, 0.2) is 0 Å². The molecule has 0 aliphatic heterocycles. The van der Waals surface area contributed by atoms with Crippen molar-refractivity contribution in [2.75, 3.05) is 5.32 Å². The number of aryl methyl sites for hydroxylation is 1. The number of nitrogens with two attached hydrogens (primary N) is 1. The molecule has 34 heavy (non-hydrogen) atoms. The largest absolute Gasteiger partial charge is 0.433 e. The number of nitrogens with one attached hydrogen (secondary N) is 2. The zero-order valence-corrected chi connectivity index (χ0v) is 18.0. The summed E-state index contributed by atoms with van der Waals surface area (Å²) in [5.41, 5.74) is 3.56.